The summed E-state index contributed by atoms with van der Waals surface area (Å²) in [7, 11) is 0. The number of nitrogens with one attached hydrogen (secondary N) is 1. The minimum Gasteiger partial charge on any atom is -0.356 e. The van der Waals surface area contributed by atoms with Gasteiger partial charge in [-0.15, -0.1) is 0 Å². The zero-order valence-corrected chi connectivity index (χ0v) is 22.5. The number of fused-ring (bicyclic) bond motifs is 3. The predicted octanol–water partition coefficient (Wildman–Crippen LogP) is 5.31. The molecule has 7 atom stereocenters. The van der Waals surface area contributed by atoms with Crippen LogP contribution in [0.1, 0.15) is 49.4 Å². The summed E-state index contributed by atoms with van der Waals surface area (Å²) < 4.78 is 57.8. The molecule has 10 heteroatoms. The molecule has 1 amide bonds. The molecule has 1 aliphatic heterocycles. The van der Waals surface area contributed by atoms with Crippen molar-refractivity contribution in [2.45, 2.75) is 50.5 Å². The first kappa shape index (κ1) is 25.3. The Hall–Kier alpha value is -3.43. The standard InChI is InChI=1S/C31H30F4N4O2/c1-30(10-15-6-16-8-17(11-30)20(16)7-15)37-29(41)21-12-39(25-4-2-18(32)9-24(25)33)28-19(27(21)40)3-5-26(36-28)38-13-22-23(14-38)31(22,34)35/h2-5,9,12,15-17,20,22-23H,6-8,10-11,13-14H2,1H3,(H,37,41). The summed E-state index contributed by atoms with van der Waals surface area (Å²) in [5, 5.41) is 3.26. The van der Waals surface area contributed by atoms with Crippen molar-refractivity contribution < 1.29 is 22.4 Å². The van der Waals surface area contributed by atoms with Crippen LogP contribution in [-0.2, 0) is 0 Å². The van der Waals surface area contributed by atoms with Crippen molar-refractivity contribution in [3.63, 3.8) is 0 Å². The maximum Gasteiger partial charge on any atom is 0.258 e. The van der Waals surface area contributed by atoms with Gasteiger partial charge in [0.05, 0.1) is 22.9 Å². The molecular weight excluding hydrogens is 536 g/mol. The third kappa shape index (κ3) is 3.78. The Morgan fingerprint density at radius 1 is 1.02 bits per heavy atom. The highest BCUT2D eigenvalue weighted by atomic mass is 19.3. The molecule has 5 fully saturated rings. The molecule has 4 saturated carbocycles. The predicted molar refractivity (Wildman–Crippen MR) is 144 cm³/mol. The number of pyridine rings is 2. The summed E-state index contributed by atoms with van der Waals surface area (Å²) in [6, 6.07) is 6.14. The van der Waals surface area contributed by atoms with Crippen LogP contribution in [0.2, 0.25) is 0 Å². The van der Waals surface area contributed by atoms with Crippen molar-refractivity contribution in [3.05, 3.63) is 63.9 Å². The number of alkyl halides is 2. The number of nitrogens with zero attached hydrogens (tertiary/aromatic N) is 3. The number of hydrogen-bond donors (Lipinski definition) is 1. The molecule has 3 aromatic rings. The first-order valence-electron chi connectivity index (χ1n) is 14.5. The smallest absolute Gasteiger partial charge is 0.258 e. The lowest BCUT2D eigenvalue weighted by Crippen LogP contribution is -2.51. The number of halogens is 4. The zero-order valence-electron chi connectivity index (χ0n) is 22.5. The van der Waals surface area contributed by atoms with Gasteiger partial charge in [-0.25, -0.2) is 22.5 Å². The highest BCUT2D eigenvalue weighted by molar-refractivity contribution is 5.97. The SMILES string of the molecule is CC1(NC(=O)c2cn(-c3ccc(F)cc3F)c3nc(N4CC5C(C4)C5(F)F)ccc3c2=O)CC2CC3CC(C1)C3C2. The molecule has 1 aromatic carbocycles. The summed E-state index contributed by atoms with van der Waals surface area (Å²) >= 11 is 0. The van der Waals surface area contributed by atoms with Crippen LogP contribution < -0.4 is 15.6 Å². The van der Waals surface area contributed by atoms with Crippen molar-refractivity contribution in [1.82, 2.24) is 14.9 Å². The number of carbonyl (C=O) groups excluding carboxylic acids is 1. The Bertz CT molecular complexity index is 1670. The number of carbonyl (C=O) groups is 1. The van der Waals surface area contributed by atoms with Gasteiger partial charge in [0.15, 0.2) is 5.65 Å². The molecule has 7 unspecified atom stereocenters. The summed E-state index contributed by atoms with van der Waals surface area (Å²) in [6.45, 7) is 2.32. The second kappa shape index (κ2) is 8.32. The molecule has 2 aromatic heterocycles. The maximum absolute atomic E-state index is 15.1. The lowest BCUT2D eigenvalue weighted by Gasteiger charge is -2.46. The fraction of sp³-hybridized carbons (Fsp3) is 0.516. The van der Waals surface area contributed by atoms with Crippen molar-refractivity contribution >= 4 is 22.8 Å². The fourth-order valence-electron chi connectivity index (χ4n) is 8.72. The lowest BCUT2D eigenvalue weighted by molar-refractivity contribution is 0.0570. The number of benzene rings is 1. The average molecular weight is 567 g/mol. The van der Waals surface area contributed by atoms with E-state index in [-0.39, 0.29) is 35.4 Å². The van der Waals surface area contributed by atoms with Crippen LogP contribution >= 0.6 is 0 Å². The molecule has 0 radical (unpaired) electrons. The number of aromatic nitrogens is 2. The Balaban J connectivity index is 1.19. The Morgan fingerprint density at radius 3 is 2.56 bits per heavy atom. The van der Waals surface area contributed by atoms with E-state index < -0.39 is 46.3 Å². The van der Waals surface area contributed by atoms with E-state index in [1.807, 2.05) is 0 Å². The van der Waals surface area contributed by atoms with Crippen LogP contribution in [0.15, 0.2) is 41.3 Å². The number of rotatable bonds is 4. The lowest BCUT2D eigenvalue weighted by atomic mass is 9.62. The van der Waals surface area contributed by atoms with E-state index >= 15 is 4.39 Å². The molecular formula is C31H30F4N4O2. The largest absolute Gasteiger partial charge is 0.356 e. The van der Waals surface area contributed by atoms with Crippen LogP contribution in [-0.4, -0.2) is 40.0 Å². The van der Waals surface area contributed by atoms with Crippen LogP contribution in [0.5, 0.6) is 0 Å². The number of piperidine rings is 1. The topological polar surface area (TPSA) is 67.2 Å². The Labute approximate surface area is 233 Å². The van der Waals surface area contributed by atoms with Crippen LogP contribution in [0, 0.1) is 47.1 Å². The van der Waals surface area contributed by atoms with Gasteiger partial charge in [0, 0.05) is 30.9 Å². The van der Waals surface area contributed by atoms with E-state index in [4.69, 9.17) is 0 Å². The van der Waals surface area contributed by atoms with E-state index in [1.54, 1.807) is 11.0 Å². The second-order valence-electron chi connectivity index (χ2n) is 13.4. The summed E-state index contributed by atoms with van der Waals surface area (Å²) in [6.07, 6.45) is 6.60. The van der Waals surface area contributed by atoms with Crippen LogP contribution in [0.3, 0.4) is 0 Å². The van der Waals surface area contributed by atoms with Crippen LogP contribution in [0.4, 0.5) is 23.4 Å². The van der Waals surface area contributed by atoms with Gasteiger partial charge in [-0.2, -0.15) is 0 Å². The Morgan fingerprint density at radius 2 is 1.80 bits per heavy atom. The summed E-state index contributed by atoms with van der Waals surface area (Å²) in [5.41, 5.74) is -1.17. The van der Waals surface area contributed by atoms with Gasteiger partial charge < -0.3 is 10.2 Å². The monoisotopic (exact) mass is 566 g/mol. The minimum atomic E-state index is -2.66. The normalized spacial score (nSPS) is 34.2. The number of amides is 1. The van der Waals surface area contributed by atoms with E-state index in [2.05, 4.69) is 17.2 Å². The third-order valence-electron chi connectivity index (χ3n) is 10.7. The average Bonchev–Trinajstić information content (AvgIpc) is 3.22. The highest BCUT2D eigenvalue weighted by Gasteiger charge is 2.71. The van der Waals surface area contributed by atoms with E-state index in [1.165, 1.54) is 42.2 Å². The Kier molecular flexibility index (Phi) is 5.13. The molecule has 1 N–H and O–H groups in total. The second-order valence-corrected chi connectivity index (χ2v) is 13.4. The molecule has 41 heavy (non-hydrogen) atoms. The van der Waals surface area contributed by atoms with Gasteiger partial charge in [0.1, 0.15) is 23.0 Å². The number of anilines is 1. The van der Waals surface area contributed by atoms with Gasteiger partial charge in [-0.05, 0) is 87.0 Å². The minimum absolute atomic E-state index is 0.0698. The zero-order chi connectivity index (χ0) is 28.4. The van der Waals surface area contributed by atoms with Gasteiger partial charge in [0.2, 0.25) is 5.43 Å². The van der Waals surface area contributed by atoms with Gasteiger partial charge >= 0.3 is 0 Å². The van der Waals surface area contributed by atoms with Gasteiger partial charge in [0.25, 0.3) is 11.8 Å². The van der Waals surface area contributed by atoms with Gasteiger partial charge in [-0.1, -0.05) is 0 Å². The molecule has 8 rings (SSSR count). The molecule has 3 heterocycles. The molecule has 6 nitrogen and oxygen atoms in total. The molecule has 4 aliphatic carbocycles. The van der Waals surface area contributed by atoms with E-state index in [9.17, 15) is 22.8 Å². The van der Waals surface area contributed by atoms with Crippen molar-refractivity contribution in [1.29, 1.82) is 0 Å². The van der Waals surface area contributed by atoms with Crippen molar-refractivity contribution in [2.75, 3.05) is 18.0 Å². The fourth-order valence-corrected chi connectivity index (χ4v) is 8.72. The molecule has 0 spiro atoms. The van der Waals surface area contributed by atoms with E-state index in [0.29, 0.717) is 17.7 Å². The summed E-state index contributed by atoms with van der Waals surface area (Å²) in [4.78, 5) is 33.8. The van der Waals surface area contributed by atoms with Crippen molar-refractivity contribution in [2.24, 2.45) is 35.5 Å². The van der Waals surface area contributed by atoms with E-state index in [0.717, 1.165) is 36.8 Å². The number of hydrogen-bond acceptors (Lipinski definition) is 4. The molecule has 214 valence electrons. The molecule has 5 aliphatic rings. The first-order chi connectivity index (χ1) is 19.5. The third-order valence-corrected chi connectivity index (χ3v) is 10.7. The first-order valence-corrected chi connectivity index (χ1v) is 14.5. The molecule has 2 bridgehead atoms. The highest BCUT2D eigenvalue weighted by Crippen LogP contribution is 2.60. The molecule has 1 saturated heterocycles. The van der Waals surface area contributed by atoms with Gasteiger partial charge in [-0.3, -0.25) is 14.2 Å². The maximum atomic E-state index is 15.1. The van der Waals surface area contributed by atoms with Crippen molar-refractivity contribution in [3.8, 4) is 5.69 Å². The van der Waals surface area contributed by atoms with Crippen LogP contribution in [0.25, 0.3) is 16.7 Å². The quantitative estimate of drug-likeness (QED) is 0.435. The summed E-state index contributed by atoms with van der Waals surface area (Å²) in [5.74, 6) is -3.22.